The van der Waals surface area contributed by atoms with Crippen LogP contribution in [0.4, 0.5) is 5.13 Å². The van der Waals surface area contributed by atoms with Crippen molar-refractivity contribution >= 4 is 32.6 Å². The lowest BCUT2D eigenvalue weighted by Crippen LogP contribution is -2.30. The molecule has 1 aromatic carbocycles. The SMILES string of the molecule is CCn1nc(C(=O)N(Cc2cccnc2)c2nc3ccc(OC)cc3s2)cc1C. The number of anilines is 1. The van der Waals surface area contributed by atoms with E-state index in [4.69, 9.17) is 9.72 Å². The molecule has 0 fully saturated rings. The number of aromatic nitrogens is 4. The fourth-order valence-electron chi connectivity index (χ4n) is 3.11. The van der Waals surface area contributed by atoms with Crippen LogP contribution in [-0.2, 0) is 13.1 Å². The number of fused-ring (bicyclic) bond motifs is 1. The van der Waals surface area contributed by atoms with Gasteiger partial charge in [0.15, 0.2) is 10.8 Å². The van der Waals surface area contributed by atoms with E-state index in [-0.39, 0.29) is 5.91 Å². The Labute approximate surface area is 172 Å². The van der Waals surface area contributed by atoms with Gasteiger partial charge in [0, 0.05) is 24.6 Å². The summed E-state index contributed by atoms with van der Waals surface area (Å²) in [5, 5.41) is 5.08. The molecule has 1 amide bonds. The Morgan fingerprint density at radius 3 is 2.83 bits per heavy atom. The van der Waals surface area contributed by atoms with Crippen LogP contribution >= 0.6 is 11.3 Å². The van der Waals surface area contributed by atoms with Crippen LogP contribution in [0.5, 0.6) is 5.75 Å². The molecule has 0 spiro atoms. The molecule has 0 saturated heterocycles. The predicted octanol–water partition coefficient (Wildman–Crippen LogP) is 4.07. The smallest absolute Gasteiger partial charge is 0.280 e. The summed E-state index contributed by atoms with van der Waals surface area (Å²) in [5.74, 6) is 0.574. The van der Waals surface area contributed by atoms with E-state index in [1.54, 1.807) is 24.4 Å². The average Bonchev–Trinajstić information content (AvgIpc) is 3.34. The maximum Gasteiger partial charge on any atom is 0.280 e. The molecule has 7 nitrogen and oxygen atoms in total. The molecule has 0 unspecified atom stereocenters. The van der Waals surface area contributed by atoms with Crippen molar-refractivity contribution in [1.82, 2.24) is 19.7 Å². The number of benzene rings is 1. The van der Waals surface area contributed by atoms with Crippen molar-refractivity contribution in [2.45, 2.75) is 26.9 Å². The second-order valence-electron chi connectivity index (χ2n) is 6.57. The topological polar surface area (TPSA) is 73.1 Å². The summed E-state index contributed by atoms with van der Waals surface area (Å²) < 4.78 is 8.09. The van der Waals surface area contributed by atoms with Gasteiger partial charge in [-0.05, 0) is 49.7 Å². The largest absolute Gasteiger partial charge is 0.497 e. The second-order valence-corrected chi connectivity index (χ2v) is 7.58. The number of carbonyl (C=O) groups is 1. The normalized spacial score (nSPS) is 11.0. The van der Waals surface area contributed by atoms with Gasteiger partial charge in [-0.1, -0.05) is 17.4 Å². The van der Waals surface area contributed by atoms with E-state index in [2.05, 4.69) is 10.1 Å². The molecular formula is C21H21N5O2S. The van der Waals surface area contributed by atoms with E-state index in [0.29, 0.717) is 23.9 Å². The molecule has 0 N–H and O–H groups in total. The Kier molecular flexibility index (Phi) is 5.26. The minimum atomic E-state index is -0.185. The zero-order chi connectivity index (χ0) is 20.4. The first-order valence-corrected chi connectivity index (χ1v) is 10.1. The number of aryl methyl sites for hydroxylation is 2. The van der Waals surface area contributed by atoms with Crippen LogP contribution < -0.4 is 9.64 Å². The predicted molar refractivity (Wildman–Crippen MR) is 114 cm³/mol. The third-order valence-electron chi connectivity index (χ3n) is 4.62. The summed E-state index contributed by atoms with van der Waals surface area (Å²) in [6.07, 6.45) is 3.47. The molecule has 8 heteroatoms. The highest BCUT2D eigenvalue weighted by Gasteiger charge is 2.24. The van der Waals surface area contributed by atoms with Gasteiger partial charge in [-0.3, -0.25) is 19.4 Å². The molecule has 0 radical (unpaired) electrons. The zero-order valence-corrected chi connectivity index (χ0v) is 17.3. The number of nitrogens with zero attached hydrogens (tertiary/aromatic N) is 5. The molecule has 29 heavy (non-hydrogen) atoms. The van der Waals surface area contributed by atoms with Crippen LogP contribution in [0.15, 0.2) is 48.8 Å². The van der Waals surface area contributed by atoms with Crippen LogP contribution in [0.1, 0.15) is 28.7 Å². The van der Waals surface area contributed by atoms with Gasteiger partial charge in [-0.15, -0.1) is 0 Å². The zero-order valence-electron chi connectivity index (χ0n) is 16.5. The third kappa shape index (κ3) is 3.84. The van der Waals surface area contributed by atoms with Crippen molar-refractivity contribution in [2.24, 2.45) is 0 Å². The highest BCUT2D eigenvalue weighted by molar-refractivity contribution is 7.22. The van der Waals surface area contributed by atoms with E-state index in [9.17, 15) is 4.79 Å². The molecule has 0 saturated carbocycles. The lowest BCUT2D eigenvalue weighted by molar-refractivity contribution is 0.0979. The van der Waals surface area contributed by atoms with Crippen LogP contribution in [0.2, 0.25) is 0 Å². The van der Waals surface area contributed by atoms with Gasteiger partial charge in [0.05, 0.1) is 23.9 Å². The lowest BCUT2D eigenvalue weighted by atomic mass is 10.2. The molecule has 4 aromatic rings. The quantitative estimate of drug-likeness (QED) is 0.482. The van der Waals surface area contributed by atoms with Crippen molar-refractivity contribution in [1.29, 1.82) is 0 Å². The van der Waals surface area contributed by atoms with Crippen molar-refractivity contribution < 1.29 is 9.53 Å². The molecule has 3 heterocycles. The van der Waals surface area contributed by atoms with Crippen LogP contribution in [0.25, 0.3) is 10.2 Å². The highest BCUT2D eigenvalue weighted by Crippen LogP contribution is 2.33. The van der Waals surface area contributed by atoms with Crippen molar-refractivity contribution in [2.75, 3.05) is 12.0 Å². The van der Waals surface area contributed by atoms with Gasteiger partial charge in [-0.2, -0.15) is 5.10 Å². The Morgan fingerprint density at radius 1 is 1.28 bits per heavy atom. The Morgan fingerprint density at radius 2 is 2.14 bits per heavy atom. The third-order valence-corrected chi connectivity index (χ3v) is 5.66. The Bertz CT molecular complexity index is 1150. The average molecular weight is 407 g/mol. The van der Waals surface area contributed by atoms with E-state index in [0.717, 1.165) is 27.2 Å². The molecule has 3 aromatic heterocycles. The van der Waals surface area contributed by atoms with Crippen molar-refractivity contribution in [3.63, 3.8) is 0 Å². The molecule has 0 aliphatic rings. The van der Waals surface area contributed by atoms with Crippen molar-refractivity contribution in [3.05, 3.63) is 65.7 Å². The number of amides is 1. The monoisotopic (exact) mass is 407 g/mol. The van der Waals surface area contributed by atoms with Gasteiger partial charge in [0.1, 0.15) is 5.75 Å². The summed E-state index contributed by atoms with van der Waals surface area (Å²) in [6, 6.07) is 11.3. The molecule has 0 aliphatic heterocycles. The summed E-state index contributed by atoms with van der Waals surface area (Å²) in [5.41, 5.74) is 3.10. The first-order valence-electron chi connectivity index (χ1n) is 9.29. The molecular weight excluding hydrogens is 386 g/mol. The number of ether oxygens (including phenoxy) is 1. The molecule has 0 bridgehead atoms. The number of rotatable bonds is 6. The summed E-state index contributed by atoms with van der Waals surface area (Å²) in [6.45, 7) is 5.02. The fraction of sp³-hybridized carbons (Fsp3) is 0.238. The highest BCUT2D eigenvalue weighted by atomic mass is 32.1. The molecule has 0 aliphatic carbocycles. The molecule has 0 atom stereocenters. The number of pyridine rings is 1. The van der Waals surface area contributed by atoms with Gasteiger partial charge in [0.25, 0.3) is 5.91 Å². The summed E-state index contributed by atoms with van der Waals surface area (Å²) in [7, 11) is 1.63. The second kappa shape index (κ2) is 8.00. The van der Waals surface area contributed by atoms with Gasteiger partial charge >= 0.3 is 0 Å². The van der Waals surface area contributed by atoms with E-state index in [1.165, 1.54) is 11.3 Å². The summed E-state index contributed by atoms with van der Waals surface area (Å²) >= 11 is 1.45. The van der Waals surface area contributed by atoms with Gasteiger partial charge in [-0.25, -0.2) is 4.98 Å². The first kappa shape index (κ1) is 19.1. The standard InChI is InChI=1S/C21H21N5O2S/c1-4-26-14(2)10-18(24-26)20(27)25(13-15-6-5-9-22-12-15)21-23-17-8-7-16(28-3)11-19(17)29-21/h5-12H,4,13H2,1-3H3. The molecule has 4 rings (SSSR count). The van der Waals surface area contributed by atoms with Gasteiger partial charge in [0.2, 0.25) is 0 Å². The maximum absolute atomic E-state index is 13.4. The number of hydrogen-bond donors (Lipinski definition) is 0. The van der Waals surface area contributed by atoms with E-state index >= 15 is 0 Å². The Balaban J connectivity index is 1.76. The van der Waals surface area contributed by atoms with Crippen LogP contribution in [-0.4, -0.2) is 32.8 Å². The Hall–Kier alpha value is -3.26. The number of carbonyl (C=O) groups excluding carboxylic acids is 1. The lowest BCUT2D eigenvalue weighted by Gasteiger charge is -2.18. The first-order chi connectivity index (χ1) is 14.1. The molecule has 148 valence electrons. The van der Waals surface area contributed by atoms with Crippen LogP contribution in [0, 0.1) is 6.92 Å². The fourth-order valence-corrected chi connectivity index (χ4v) is 4.10. The summed E-state index contributed by atoms with van der Waals surface area (Å²) in [4.78, 5) is 23.9. The van der Waals surface area contributed by atoms with E-state index in [1.807, 2.05) is 54.9 Å². The van der Waals surface area contributed by atoms with E-state index < -0.39 is 0 Å². The minimum Gasteiger partial charge on any atom is -0.497 e. The van der Waals surface area contributed by atoms with Crippen LogP contribution in [0.3, 0.4) is 0 Å². The van der Waals surface area contributed by atoms with Gasteiger partial charge < -0.3 is 4.74 Å². The number of hydrogen-bond acceptors (Lipinski definition) is 6. The minimum absolute atomic E-state index is 0.185. The number of thiazole rings is 1. The number of methoxy groups -OCH3 is 1. The maximum atomic E-state index is 13.4. The van der Waals surface area contributed by atoms with Crippen molar-refractivity contribution in [3.8, 4) is 5.75 Å².